The Bertz CT molecular complexity index is 1280. The molecule has 5 heterocycles. The number of hydrogen-bond donors (Lipinski definition) is 2. The molecule has 1 amide bonds. The van der Waals surface area contributed by atoms with E-state index in [9.17, 15) is 4.79 Å². The van der Waals surface area contributed by atoms with Gasteiger partial charge in [-0.15, -0.1) is 0 Å². The summed E-state index contributed by atoms with van der Waals surface area (Å²) < 4.78 is 0. The fraction of sp³-hybridized carbons (Fsp3) is 0.400. The highest BCUT2D eigenvalue weighted by atomic mass is 16.2. The first-order valence-electron chi connectivity index (χ1n) is 13.8. The Kier molecular flexibility index (Phi) is 7.51. The Morgan fingerprint density at radius 2 is 1.46 bits per heavy atom. The number of piperidine rings is 1. The molecule has 0 bridgehead atoms. The zero-order valence-electron chi connectivity index (χ0n) is 22.3. The summed E-state index contributed by atoms with van der Waals surface area (Å²) >= 11 is 0. The number of benzene rings is 1. The number of nitrogens with one attached hydrogen (secondary N) is 2. The molecule has 39 heavy (non-hydrogen) atoms. The summed E-state index contributed by atoms with van der Waals surface area (Å²) in [6.07, 6.45) is 14.6. The maximum Gasteiger partial charge on any atom is 0.254 e. The van der Waals surface area contributed by atoms with Gasteiger partial charge in [-0.2, -0.15) is 0 Å². The van der Waals surface area contributed by atoms with Crippen molar-refractivity contribution >= 4 is 5.91 Å². The van der Waals surface area contributed by atoms with Gasteiger partial charge >= 0.3 is 0 Å². The van der Waals surface area contributed by atoms with Gasteiger partial charge in [-0.1, -0.05) is 18.2 Å². The first kappa shape index (κ1) is 25.5. The number of pyridine rings is 1. The Hall–Kier alpha value is -3.82. The summed E-state index contributed by atoms with van der Waals surface area (Å²) in [5.74, 6) is 1.46. The van der Waals surface area contributed by atoms with Crippen molar-refractivity contribution in [2.45, 2.75) is 45.4 Å². The maximum absolute atomic E-state index is 13.4. The molecular weight excluding hydrogens is 488 g/mol. The van der Waals surface area contributed by atoms with E-state index in [1.807, 2.05) is 30.6 Å². The van der Waals surface area contributed by atoms with Gasteiger partial charge < -0.3 is 14.9 Å². The highest BCUT2D eigenvalue weighted by Crippen LogP contribution is 2.41. The van der Waals surface area contributed by atoms with Crippen LogP contribution in [0, 0.1) is 5.41 Å². The van der Waals surface area contributed by atoms with Crippen molar-refractivity contribution in [2.24, 2.45) is 5.41 Å². The number of carbonyl (C=O) groups is 1. The second kappa shape index (κ2) is 11.5. The predicted octanol–water partition coefficient (Wildman–Crippen LogP) is 3.86. The molecule has 4 aromatic rings. The average Bonchev–Trinajstić information content (AvgIpc) is 3.75. The van der Waals surface area contributed by atoms with Crippen LogP contribution < -0.4 is 0 Å². The van der Waals surface area contributed by atoms with Crippen LogP contribution in [0.2, 0.25) is 0 Å². The number of H-pyrrole nitrogens is 2. The van der Waals surface area contributed by atoms with Crippen LogP contribution in [-0.2, 0) is 26.2 Å². The van der Waals surface area contributed by atoms with Gasteiger partial charge in [-0.25, -0.2) is 9.97 Å². The lowest BCUT2D eigenvalue weighted by atomic mass is 9.77. The van der Waals surface area contributed by atoms with Crippen LogP contribution in [0.25, 0.3) is 0 Å². The summed E-state index contributed by atoms with van der Waals surface area (Å²) in [6.45, 7) is 7.33. The van der Waals surface area contributed by atoms with Crippen molar-refractivity contribution in [2.75, 3.05) is 26.2 Å². The van der Waals surface area contributed by atoms with Crippen LogP contribution in [-0.4, -0.2) is 71.7 Å². The summed E-state index contributed by atoms with van der Waals surface area (Å²) in [6, 6.07) is 12.3. The van der Waals surface area contributed by atoms with Gasteiger partial charge in [0.15, 0.2) is 0 Å². The Labute approximate surface area is 229 Å². The van der Waals surface area contributed by atoms with Crippen LogP contribution in [0.5, 0.6) is 0 Å². The largest absolute Gasteiger partial charge is 0.347 e. The highest BCUT2D eigenvalue weighted by molar-refractivity contribution is 5.94. The number of nitrogens with zero attached hydrogens (tertiary/aromatic N) is 6. The summed E-state index contributed by atoms with van der Waals surface area (Å²) in [4.78, 5) is 39.4. The van der Waals surface area contributed by atoms with Crippen LogP contribution in [0.1, 0.15) is 52.4 Å². The van der Waals surface area contributed by atoms with E-state index in [0.717, 1.165) is 50.9 Å². The van der Waals surface area contributed by atoms with Crippen molar-refractivity contribution in [3.8, 4) is 0 Å². The molecule has 0 atom stereocenters. The first-order chi connectivity index (χ1) is 19.1. The molecule has 2 N–H and O–H groups in total. The Morgan fingerprint density at radius 1 is 0.821 bits per heavy atom. The topological polar surface area (TPSA) is 97.0 Å². The molecule has 202 valence electrons. The summed E-state index contributed by atoms with van der Waals surface area (Å²) in [7, 11) is 0. The number of hydrogen-bond acceptors (Lipinski definition) is 6. The van der Waals surface area contributed by atoms with E-state index < -0.39 is 0 Å². The zero-order valence-corrected chi connectivity index (χ0v) is 22.3. The zero-order chi connectivity index (χ0) is 26.5. The number of imidazole rings is 2. The Balaban J connectivity index is 1.03. The van der Waals surface area contributed by atoms with Crippen LogP contribution in [0.3, 0.4) is 0 Å². The first-order valence-corrected chi connectivity index (χ1v) is 13.8. The van der Waals surface area contributed by atoms with Crippen molar-refractivity contribution in [1.29, 1.82) is 0 Å². The summed E-state index contributed by atoms with van der Waals surface area (Å²) in [5, 5.41) is 0. The minimum atomic E-state index is -0.0347. The minimum absolute atomic E-state index is 0.0347. The fourth-order valence-electron chi connectivity index (χ4n) is 6.03. The van der Waals surface area contributed by atoms with E-state index >= 15 is 0 Å². The monoisotopic (exact) mass is 524 g/mol. The van der Waals surface area contributed by atoms with Gasteiger partial charge in [0.05, 0.1) is 13.1 Å². The van der Waals surface area contributed by atoms with Gasteiger partial charge in [0.1, 0.15) is 11.6 Å². The summed E-state index contributed by atoms with van der Waals surface area (Å²) in [5.41, 5.74) is 3.67. The molecule has 0 aliphatic carbocycles. The third-order valence-corrected chi connectivity index (χ3v) is 8.25. The normalized spacial score (nSPS) is 17.5. The molecule has 2 fully saturated rings. The molecule has 6 rings (SSSR count). The van der Waals surface area contributed by atoms with Crippen molar-refractivity contribution in [3.63, 3.8) is 0 Å². The molecule has 0 saturated carbocycles. The lowest BCUT2D eigenvalue weighted by molar-refractivity contribution is 0.0721. The molecule has 3 aromatic heterocycles. The molecule has 1 spiro atoms. The second-order valence-corrected chi connectivity index (χ2v) is 11.0. The molecule has 2 aliphatic heterocycles. The molecular formula is C30H36N8O. The SMILES string of the molecule is O=C(c1ccc(CN2CCC3(CCN(Cc4cccnc4)CC3)C2)cc1)N(Cc1ncc[nH]1)Cc1ncc[nH]1. The van der Waals surface area contributed by atoms with E-state index in [0.29, 0.717) is 24.1 Å². The predicted molar refractivity (Wildman–Crippen MR) is 148 cm³/mol. The fourth-order valence-corrected chi connectivity index (χ4v) is 6.03. The standard InChI is InChI=1S/C30H36N8O/c39-29(38(21-27-32-11-12-33-27)22-28-34-13-14-35-28)26-5-3-24(4-6-26)19-37-17-9-30(23-37)7-15-36(16-8-30)20-25-2-1-10-31-18-25/h1-6,10-14,18H,7-9,15-17,19-23H2,(H,32,33)(H,34,35). The molecule has 9 heteroatoms. The van der Waals surface area contributed by atoms with Crippen molar-refractivity contribution in [1.82, 2.24) is 39.6 Å². The van der Waals surface area contributed by atoms with Crippen LogP contribution in [0.4, 0.5) is 0 Å². The molecule has 0 unspecified atom stereocenters. The van der Waals surface area contributed by atoms with Gasteiger partial charge in [-0.3, -0.25) is 19.6 Å². The molecule has 1 aromatic carbocycles. The quantitative estimate of drug-likeness (QED) is 0.345. The van der Waals surface area contributed by atoms with Crippen LogP contribution >= 0.6 is 0 Å². The number of carbonyl (C=O) groups excluding carboxylic acids is 1. The third kappa shape index (κ3) is 6.26. The molecule has 0 radical (unpaired) electrons. The van der Waals surface area contributed by atoms with E-state index in [4.69, 9.17) is 0 Å². The van der Waals surface area contributed by atoms with Gasteiger partial charge in [0, 0.05) is 62.4 Å². The number of likely N-dealkylation sites (tertiary alicyclic amines) is 2. The third-order valence-electron chi connectivity index (χ3n) is 8.25. The molecule has 2 saturated heterocycles. The molecule has 2 aliphatic rings. The highest BCUT2D eigenvalue weighted by Gasteiger charge is 2.40. The van der Waals surface area contributed by atoms with E-state index in [-0.39, 0.29) is 5.91 Å². The number of rotatable bonds is 9. The van der Waals surface area contributed by atoms with Crippen molar-refractivity contribution in [3.05, 3.63) is 102 Å². The average molecular weight is 525 g/mol. The smallest absolute Gasteiger partial charge is 0.254 e. The minimum Gasteiger partial charge on any atom is -0.347 e. The van der Waals surface area contributed by atoms with E-state index in [1.54, 1.807) is 29.7 Å². The molecule has 9 nitrogen and oxygen atoms in total. The van der Waals surface area contributed by atoms with E-state index in [1.165, 1.54) is 30.4 Å². The van der Waals surface area contributed by atoms with Gasteiger partial charge in [0.25, 0.3) is 5.91 Å². The lowest BCUT2D eigenvalue weighted by Gasteiger charge is -2.39. The van der Waals surface area contributed by atoms with Crippen molar-refractivity contribution < 1.29 is 4.79 Å². The maximum atomic E-state index is 13.4. The van der Waals surface area contributed by atoms with Crippen LogP contribution in [0.15, 0.2) is 73.6 Å². The number of amides is 1. The second-order valence-electron chi connectivity index (χ2n) is 11.0. The Morgan fingerprint density at radius 3 is 2.05 bits per heavy atom. The lowest BCUT2D eigenvalue weighted by Crippen LogP contribution is -2.41. The van der Waals surface area contributed by atoms with Gasteiger partial charge in [0.2, 0.25) is 0 Å². The van der Waals surface area contributed by atoms with Gasteiger partial charge in [-0.05, 0) is 73.6 Å². The number of aromatic amines is 2. The number of aromatic nitrogens is 5. The van der Waals surface area contributed by atoms with E-state index in [2.05, 4.69) is 52.9 Å².